The Morgan fingerprint density at radius 2 is 1.81 bits per heavy atom. The predicted octanol–water partition coefficient (Wildman–Crippen LogP) is 3.82. The van der Waals surface area contributed by atoms with Crippen LogP contribution in [0.25, 0.3) is 0 Å². The monoisotopic (exact) mass is 386 g/mol. The zero-order chi connectivity index (χ0) is 18.6. The van der Waals surface area contributed by atoms with Crippen molar-refractivity contribution in [1.29, 1.82) is 0 Å². The number of sulfonamides is 1. The molecule has 3 aromatic rings. The van der Waals surface area contributed by atoms with Crippen LogP contribution < -0.4 is 4.72 Å². The Bertz CT molecular complexity index is 985. The topological polar surface area (TPSA) is 66.5 Å². The van der Waals surface area contributed by atoms with Gasteiger partial charge >= 0.3 is 0 Å². The molecule has 0 fully saturated rings. The lowest BCUT2D eigenvalue weighted by Gasteiger charge is -2.17. The molecule has 1 N–H and O–H groups in total. The molecule has 1 amide bonds. The van der Waals surface area contributed by atoms with Crippen molar-refractivity contribution in [1.82, 2.24) is 4.90 Å². The number of amides is 1. The number of nitrogens with one attached hydrogen (secondary N) is 1. The highest BCUT2D eigenvalue weighted by atomic mass is 32.2. The molecule has 0 spiro atoms. The molecule has 1 aromatic heterocycles. The lowest BCUT2D eigenvalue weighted by molar-refractivity contribution is 0.0786. The minimum absolute atomic E-state index is 0.167. The standard InChI is InChI=1S/C19H18N2O3S2/c1-21(14-17-9-6-12-25-17)19(22)15-7-5-8-16(13-15)20-26(23,24)18-10-3-2-4-11-18/h2-13,20H,14H2,1H3. The third-order valence-electron chi connectivity index (χ3n) is 3.74. The van der Waals surface area contributed by atoms with Gasteiger partial charge in [0.1, 0.15) is 0 Å². The number of benzene rings is 2. The first kappa shape index (κ1) is 18.2. The van der Waals surface area contributed by atoms with Gasteiger partial charge in [-0.15, -0.1) is 11.3 Å². The number of hydrogen-bond donors (Lipinski definition) is 1. The van der Waals surface area contributed by atoms with E-state index in [9.17, 15) is 13.2 Å². The van der Waals surface area contributed by atoms with E-state index in [0.717, 1.165) is 4.88 Å². The fourth-order valence-electron chi connectivity index (χ4n) is 2.46. The summed E-state index contributed by atoms with van der Waals surface area (Å²) in [5.74, 6) is -0.167. The molecule has 0 aliphatic carbocycles. The van der Waals surface area contributed by atoms with Crippen molar-refractivity contribution >= 4 is 33.0 Å². The van der Waals surface area contributed by atoms with E-state index in [-0.39, 0.29) is 10.8 Å². The predicted molar refractivity (Wildman–Crippen MR) is 104 cm³/mol. The summed E-state index contributed by atoms with van der Waals surface area (Å²) in [7, 11) is -1.97. The van der Waals surface area contributed by atoms with Crippen molar-refractivity contribution in [3.05, 3.63) is 82.6 Å². The highest BCUT2D eigenvalue weighted by Gasteiger charge is 2.16. The van der Waals surface area contributed by atoms with Crippen molar-refractivity contribution < 1.29 is 13.2 Å². The fraction of sp³-hybridized carbons (Fsp3) is 0.105. The number of carbonyl (C=O) groups is 1. The summed E-state index contributed by atoms with van der Waals surface area (Å²) in [5, 5.41) is 1.96. The van der Waals surface area contributed by atoms with Gasteiger partial charge in [0, 0.05) is 23.2 Å². The van der Waals surface area contributed by atoms with Crippen LogP contribution >= 0.6 is 11.3 Å². The van der Waals surface area contributed by atoms with Crippen molar-refractivity contribution in [3.63, 3.8) is 0 Å². The van der Waals surface area contributed by atoms with E-state index in [4.69, 9.17) is 0 Å². The van der Waals surface area contributed by atoms with Crippen LogP contribution in [0.15, 0.2) is 77.0 Å². The number of rotatable bonds is 6. The second-order valence-corrected chi connectivity index (χ2v) is 8.45. The third-order valence-corrected chi connectivity index (χ3v) is 5.99. The highest BCUT2D eigenvalue weighted by Crippen LogP contribution is 2.19. The molecular formula is C19H18N2O3S2. The molecule has 3 rings (SSSR count). The van der Waals surface area contributed by atoms with Gasteiger partial charge in [0.05, 0.1) is 11.4 Å². The summed E-state index contributed by atoms with van der Waals surface area (Å²) in [6.07, 6.45) is 0. The van der Waals surface area contributed by atoms with E-state index >= 15 is 0 Å². The van der Waals surface area contributed by atoms with Crippen LogP contribution in [-0.2, 0) is 16.6 Å². The summed E-state index contributed by atoms with van der Waals surface area (Å²) in [6.45, 7) is 0.510. The molecule has 5 nitrogen and oxygen atoms in total. The molecule has 0 saturated carbocycles. The van der Waals surface area contributed by atoms with Gasteiger partial charge in [0.25, 0.3) is 15.9 Å². The molecular weight excluding hydrogens is 368 g/mol. The number of anilines is 1. The van der Waals surface area contributed by atoms with Crippen LogP contribution in [0, 0.1) is 0 Å². The largest absolute Gasteiger partial charge is 0.337 e. The first-order valence-corrected chi connectivity index (χ1v) is 10.3. The third kappa shape index (κ3) is 4.30. The summed E-state index contributed by atoms with van der Waals surface area (Å²) < 4.78 is 27.4. The maximum atomic E-state index is 12.6. The molecule has 1 heterocycles. The number of hydrogen-bond acceptors (Lipinski definition) is 4. The van der Waals surface area contributed by atoms with Crippen LogP contribution in [-0.4, -0.2) is 26.3 Å². The van der Waals surface area contributed by atoms with Gasteiger partial charge in [-0.05, 0) is 41.8 Å². The van der Waals surface area contributed by atoms with E-state index in [1.54, 1.807) is 65.7 Å². The maximum Gasteiger partial charge on any atom is 0.261 e. The van der Waals surface area contributed by atoms with Gasteiger partial charge < -0.3 is 4.90 Å². The lowest BCUT2D eigenvalue weighted by Crippen LogP contribution is -2.26. The smallest absolute Gasteiger partial charge is 0.261 e. The number of carbonyl (C=O) groups excluding carboxylic acids is 1. The van der Waals surface area contributed by atoms with Gasteiger partial charge in [-0.2, -0.15) is 0 Å². The SMILES string of the molecule is CN(Cc1cccs1)C(=O)c1cccc(NS(=O)(=O)c2ccccc2)c1. The zero-order valence-electron chi connectivity index (χ0n) is 14.1. The quantitative estimate of drug-likeness (QED) is 0.700. The second kappa shape index (κ2) is 7.72. The Hall–Kier alpha value is -2.64. The molecule has 0 aliphatic rings. The van der Waals surface area contributed by atoms with Crippen molar-refractivity contribution in [2.45, 2.75) is 11.4 Å². The Morgan fingerprint density at radius 3 is 2.50 bits per heavy atom. The Kier molecular flexibility index (Phi) is 5.39. The molecule has 134 valence electrons. The average Bonchev–Trinajstić information content (AvgIpc) is 3.14. The maximum absolute atomic E-state index is 12.6. The van der Waals surface area contributed by atoms with E-state index in [0.29, 0.717) is 17.8 Å². The van der Waals surface area contributed by atoms with Gasteiger partial charge in [-0.1, -0.05) is 30.3 Å². The highest BCUT2D eigenvalue weighted by molar-refractivity contribution is 7.92. The first-order valence-electron chi connectivity index (χ1n) is 7.91. The Morgan fingerprint density at radius 1 is 1.04 bits per heavy atom. The van der Waals surface area contributed by atoms with Crippen LogP contribution in [0.3, 0.4) is 0 Å². The molecule has 0 saturated heterocycles. The van der Waals surface area contributed by atoms with Crippen LogP contribution in [0.1, 0.15) is 15.2 Å². The lowest BCUT2D eigenvalue weighted by atomic mass is 10.2. The van der Waals surface area contributed by atoms with Crippen LogP contribution in [0.5, 0.6) is 0 Å². The van der Waals surface area contributed by atoms with Crippen molar-refractivity contribution in [2.24, 2.45) is 0 Å². The Balaban J connectivity index is 1.76. The van der Waals surface area contributed by atoms with Gasteiger partial charge in [-0.3, -0.25) is 9.52 Å². The minimum atomic E-state index is -3.69. The molecule has 2 aromatic carbocycles. The normalized spacial score (nSPS) is 11.1. The van der Waals surface area contributed by atoms with Crippen LogP contribution in [0.2, 0.25) is 0 Å². The van der Waals surface area contributed by atoms with Crippen LogP contribution in [0.4, 0.5) is 5.69 Å². The number of nitrogens with zero attached hydrogens (tertiary/aromatic N) is 1. The molecule has 0 aliphatic heterocycles. The summed E-state index contributed by atoms with van der Waals surface area (Å²) in [6, 6.07) is 18.5. The van der Waals surface area contributed by atoms with E-state index in [1.807, 2.05) is 17.5 Å². The van der Waals surface area contributed by atoms with E-state index in [1.165, 1.54) is 12.1 Å². The average molecular weight is 386 g/mol. The number of thiophene rings is 1. The summed E-state index contributed by atoms with van der Waals surface area (Å²) in [5.41, 5.74) is 0.779. The van der Waals surface area contributed by atoms with Gasteiger partial charge in [0.2, 0.25) is 0 Å². The molecule has 7 heteroatoms. The molecule has 0 bridgehead atoms. The van der Waals surface area contributed by atoms with Crippen molar-refractivity contribution in [3.8, 4) is 0 Å². The van der Waals surface area contributed by atoms with Crippen molar-refractivity contribution in [2.75, 3.05) is 11.8 Å². The zero-order valence-corrected chi connectivity index (χ0v) is 15.8. The van der Waals surface area contributed by atoms with E-state index < -0.39 is 10.0 Å². The molecule has 0 radical (unpaired) electrons. The molecule has 26 heavy (non-hydrogen) atoms. The van der Waals surface area contributed by atoms with Gasteiger partial charge in [0.15, 0.2) is 0 Å². The van der Waals surface area contributed by atoms with Gasteiger partial charge in [-0.25, -0.2) is 8.42 Å². The molecule has 0 atom stereocenters. The first-order chi connectivity index (χ1) is 12.5. The Labute approximate surface area is 157 Å². The summed E-state index contributed by atoms with van der Waals surface area (Å²) >= 11 is 1.59. The second-order valence-electron chi connectivity index (χ2n) is 5.74. The summed E-state index contributed by atoms with van der Waals surface area (Å²) in [4.78, 5) is 15.5. The van der Waals surface area contributed by atoms with E-state index in [2.05, 4.69) is 4.72 Å². The minimum Gasteiger partial charge on any atom is -0.337 e. The fourth-order valence-corrected chi connectivity index (χ4v) is 4.29. The molecule has 0 unspecified atom stereocenters.